The maximum atomic E-state index is 13.2. The van der Waals surface area contributed by atoms with E-state index in [1.807, 2.05) is 13.0 Å². The van der Waals surface area contributed by atoms with E-state index in [0.717, 1.165) is 23.3 Å². The van der Waals surface area contributed by atoms with Crippen molar-refractivity contribution in [3.05, 3.63) is 57.7 Å². The Morgan fingerprint density at radius 2 is 2.12 bits per heavy atom. The minimum absolute atomic E-state index is 0.0214. The van der Waals surface area contributed by atoms with Crippen molar-refractivity contribution >= 4 is 31.9 Å². The monoisotopic (exact) mass is 360 g/mol. The van der Waals surface area contributed by atoms with Gasteiger partial charge < -0.3 is 4.42 Å². The molecule has 0 aliphatic carbocycles. The molecule has 1 heterocycles. The Hall–Kier alpha value is -0.610. The molecule has 1 atom stereocenters. The van der Waals surface area contributed by atoms with Crippen LogP contribution in [-0.2, 0) is 6.42 Å². The van der Waals surface area contributed by atoms with Gasteiger partial charge in [0.05, 0.1) is 15.6 Å². The van der Waals surface area contributed by atoms with Crippen LogP contribution in [0.15, 0.2) is 39.4 Å². The fourth-order valence-electron chi connectivity index (χ4n) is 1.71. The van der Waals surface area contributed by atoms with Gasteiger partial charge in [0.25, 0.3) is 0 Å². The van der Waals surface area contributed by atoms with Gasteiger partial charge >= 0.3 is 0 Å². The van der Waals surface area contributed by atoms with Crippen molar-refractivity contribution in [3.8, 4) is 0 Å². The van der Waals surface area contributed by atoms with E-state index < -0.39 is 0 Å². The Balaban J connectivity index is 2.36. The van der Waals surface area contributed by atoms with E-state index in [1.54, 1.807) is 18.4 Å². The van der Waals surface area contributed by atoms with Crippen LogP contribution < -0.4 is 0 Å². The topological polar surface area (TPSA) is 13.1 Å². The third-order valence-corrected chi connectivity index (χ3v) is 4.24. The van der Waals surface area contributed by atoms with Gasteiger partial charge in [-0.3, -0.25) is 0 Å². The summed E-state index contributed by atoms with van der Waals surface area (Å²) in [5.41, 5.74) is 2.08. The van der Waals surface area contributed by atoms with Crippen molar-refractivity contribution in [1.29, 1.82) is 0 Å². The molecule has 1 nitrogen and oxygen atoms in total. The van der Waals surface area contributed by atoms with Crippen LogP contribution in [-0.4, -0.2) is 0 Å². The highest BCUT2D eigenvalue weighted by atomic mass is 79.9. The molecule has 1 unspecified atom stereocenters. The molecule has 4 heteroatoms. The molecule has 0 spiro atoms. The number of rotatable bonds is 3. The highest BCUT2D eigenvalue weighted by molar-refractivity contribution is 9.10. The molecule has 0 bridgehead atoms. The molecular formula is C13H11Br2FO. The zero-order valence-electron chi connectivity index (χ0n) is 9.21. The summed E-state index contributed by atoms with van der Waals surface area (Å²) in [5, 5.41) is 0. The van der Waals surface area contributed by atoms with Crippen molar-refractivity contribution in [2.24, 2.45) is 0 Å². The zero-order chi connectivity index (χ0) is 12.4. The zero-order valence-corrected chi connectivity index (χ0v) is 12.4. The van der Waals surface area contributed by atoms with Gasteiger partial charge in [-0.25, -0.2) is 4.39 Å². The molecule has 0 saturated carbocycles. The third-order valence-electron chi connectivity index (χ3n) is 2.61. The maximum absolute atomic E-state index is 13.2. The van der Waals surface area contributed by atoms with Crippen LogP contribution in [0.25, 0.3) is 0 Å². The summed E-state index contributed by atoms with van der Waals surface area (Å²) in [4.78, 5) is 0.0214. The molecule has 1 aromatic carbocycles. The molecular weight excluding hydrogens is 351 g/mol. The van der Waals surface area contributed by atoms with Crippen LogP contribution in [0.2, 0.25) is 0 Å². The number of aryl methyl sites for hydroxylation is 1. The molecule has 0 N–H and O–H groups in total. The standard InChI is InChI=1S/C13H11Br2FO/c1-2-12-9(5-6-17-12)13(15)8-3-4-11(16)10(14)7-8/h3-7,13H,2H2,1H3. The van der Waals surface area contributed by atoms with E-state index in [0.29, 0.717) is 4.47 Å². The summed E-state index contributed by atoms with van der Waals surface area (Å²) in [6.45, 7) is 2.04. The van der Waals surface area contributed by atoms with Gasteiger partial charge in [-0.1, -0.05) is 28.9 Å². The van der Waals surface area contributed by atoms with Gasteiger partial charge in [0.1, 0.15) is 11.6 Å². The summed E-state index contributed by atoms with van der Waals surface area (Å²) < 4.78 is 19.0. The van der Waals surface area contributed by atoms with Crippen LogP contribution in [0.3, 0.4) is 0 Å². The van der Waals surface area contributed by atoms with Crippen LogP contribution in [0, 0.1) is 5.82 Å². The lowest BCUT2D eigenvalue weighted by atomic mass is 10.0. The van der Waals surface area contributed by atoms with Gasteiger partial charge in [0.15, 0.2) is 0 Å². The Labute approximate surface area is 116 Å². The number of hydrogen-bond acceptors (Lipinski definition) is 1. The first-order valence-corrected chi connectivity index (χ1v) is 6.99. The fraction of sp³-hybridized carbons (Fsp3) is 0.231. The van der Waals surface area contributed by atoms with E-state index in [-0.39, 0.29) is 10.6 Å². The van der Waals surface area contributed by atoms with Crippen molar-refractivity contribution < 1.29 is 8.81 Å². The average Bonchev–Trinajstić information content (AvgIpc) is 2.80. The summed E-state index contributed by atoms with van der Waals surface area (Å²) >= 11 is 6.81. The summed E-state index contributed by atoms with van der Waals surface area (Å²) in [5.74, 6) is 0.698. The van der Waals surface area contributed by atoms with E-state index in [9.17, 15) is 4.39 Å². The smallest absolute Gasteiger partial charge is 0.137 e. The Bertz CT molecular complexity index is 522. The summed E-state index contributed by atoms with van der Waals surface area (Å²) in [7, 11) is 0. The first-order valence-electron chi connectivity index (χ1n) is 5.28. The highest BCUT2D eigenvalue weighted by Gasteiger charge is 2.17. The minimum atomic E-state index is -0.253. The second-order valence-electron chi connectivity index (χ2n) is 3.69. The molecule has 90 valence electrons. The van der Waals surface area contributed by atoms with Gasteiger partial charge in [-0.05, 0) is 39.7 Å². The van der Waals surface area contributed by atoms with E-state index in [1.165, 1.54) is 6.07 Å². The second kappa shape index (κ2) is 5.36. The van der Waals surface area contributed by atoms with Crippen LogP contribution in [0.5, 0.6) is 0 Å². The highest BCUT2D eigenvalue weighted by Crippen LogP contribution is 2.35. The first kappa shape index (κ1) is 12.8. The van der Waals surface area contributed by atoms with Gasteiger partial charge in [0, 0.05) is 12.0 Å². The molecule has 0 radical (unpaired) electrons. The molecule has 0 amide bonds. The van der Waals surface area contributed by atoms with E-state index in [2.05, 4.69) is 31.9 Å². The molecule has 0 saturated heterocycles. The average molecular weight is 362 g/mol. The Morgan fingerprint density at radius 3 is 2.76 bits per heavy atom. The van der Waals surface area contributed by atoms with Crippen molar-refractivity contribution in [3.63, 3.8) is 0 Å². The van der Waals surface area contributed by atoms with Crippen LogP contribution in [0.1, 0.15) is 28.6 Å². The lowest BCUT2D eigenvalue weighted by Crippen LogP contribution is -1.95. The van der Waals surface area contributed by atoms with Gasteiger partial charge in [-0.15, -0.1) is 0 Å². The molecule has 0 aliphatic rings. The Kier molecular flexibility index (Phi) is 4.05. The molecule has 1 aromatic heterocycles. The number of furan rings is 1. The molecule has 17 heavy (non-hydrogen) atoms. The number of benzene rings is 1. The van der Waals surface area contributed by atoms with Crippen molar-refractivity contribution in [2.75, 3.05) is 0 Å². The molecule has 2 aromatic rings. The number of alkyl halides is 1. The quantitative estimate of drug-likeness (QED) is 0.682. The lowest BCUT2D eigenvalue weighted by Gasteiger charge is -2.10. The SMILES string of the molecule is CCc1occc1C(Br)c1ccc(F)c(Br)c1. The second-order valence-corrected chi connectivity index (χ2v) is 5.46. The Morgan fingerprint density at radius 1 is 1.35 bits per heavy atom. The molecule has 2 rings (SSSR count). The predicted molar refractivity (Wildman–Crippen MR) is 73.0 cm³/mol. The largest absolute Gasteiger partial charge is 0.469 e. The van der Waals surface area contributed by atoms with Crippen LogP contribution in [0.4, 0.5) is 4.39 Å². The first-order chi connectivity index (χ1) is 8.13. The van der Waals surface area contributed by atoms with Crippen molar-refractivity contribution in [2.45, 2.75) is 18.2 Å². The fourth-order valence-corrected chi connectivity index (χ4v) is 2.80. The van der Waals surface area contributed by atoms with E-state index in [4.69, 9.17) is 4.42 Å². The summed E-state index contributed by atoms with van der Waals surface area (Å²) in [6.07, 6.45) is 2.52. The molecule has 0 fully saturated rings. The molecule has 0 aliphatic heterocycles. The summed E-state index contributed by atoms with van der Waals surface area (Å²) in [6, 6.07) is 6.95. The van der Waals surface area contributed by atoms with Gasteiger partial charge in [0.2, 0.25) is 0 Å². The normalized spacial score (nSPS) is 12.7. The lowest BCUT2D eigenvalue weighted by molar-refractivity contribution is 0.512. The third kappa shape index (κ3) is 2.63. The van der Waals surface area contributed by atoms with Crippen LogP contribution >= 0.6 is 31.9 Å². The number of hydrogen-bond donors (Lipinski definition) is 0. The van der Waals surface area contributed by atoms with E-state index >= 15 is 0 Å². The predicted octanol–water partition coefficient (Wildman–Crippen LogP) is 5.23. The maximum Gasteiger partial charge on any atom is 0.137 e. The van der Waals surface area contributed by atoms with Gasteiger partial charge in [-0.2, -0.15) is 0 Å². The number of halogens is 3. The van der Waals surface area contributed by atoms with Crippen molar-refractivity contribution in [1.82, 2.24) is 0 Å². The minimum Gasteiger partial charge on any atom is -0.469 e.